The Morgan fingerprint density at radius 3 is 2.37 bits per heavy atom. The summed E-state index contributed by atoms with van der Waals surface area (Å²) in [4.78, 5) is 0. The van der Waals surface area contributed by atoms with Crippen molar-refractivity contribution in [3.8, 4) is 17.3 Å². The van der Waals surface area contributed by atoms with Gasteiger partial charge in [-0.15, -0.1) is 6.89 Å². The van der Waals surface area contributed by atoms with E-state index >= 15 is 0 Å². The van der Waals surface area contributed by atoms with Gasteiger partial charge >= 0.3 is 6.18 Å². The van der Waals surface area contributed by atoms with Crippen LogP contribution in [-0.4, -0.2) is 35.1 Å². The van der Waals surface area contributed by atoms with Crippen molar-refractivity contribution in [3.63, 3.8) is 0 Å². The molecular weight excluding hydrogens is 417 g/mol. The lowest BCUT2D eigenvalue weighted by Gasteiger charge is -2.21. The van der Waals surface area contributed by atoms with E-state index < -0.39 is 23.8 Å². The molecule has 2 aromatic rings. The van der Waals surface area contributed by atoms with Crippen molar-refractivity contribution in [1.82, 2.24) is 9.78 Å². The van der Waals surface area contributed by atoms with Gasteiger partial charge in [0.2, 0.25) is 0 Å². The van der Waals surface area contributed by atoms with Crippen LogP contribution in [0.25, 0.3) is 11.3 Å². The first kappa shape index (κ1) is 21.9. The summed E-state index contributed by atoms with van der Waals surface area (Å²) >= 11 is 12.4. The highest BCUT2D eigenvalue weighted by molar-refractivity contribution is 7.73. The van der Waals surface area contributed by atoms with Crippen LogP contribution in [0.15, 0.2) is 12.1 Å². The Balaban J connectivity index is 2.61. The van der Waals surface area contributed by atoms with Crippen LogP contribution < -0.4 is 0 Å². The molecule has 0 bridgehead atoms. The predicted molar refractivity (Wildman–Crippen MR) is 107 cm³/mol. The Morgan fingerprint density at radius 1 is 1.33 bits per heavy atom. The molecule has 0 N–H and O–H groups in total. The maximum absolute atomic E-state index is 13.2. The molecule has 9 heteroatoms. The Hall–Kier alpha value is -1.41. The van der Waals surface area contributed by atoms with Gasteiger partial charge in [0.05, 0.1) is 16.8 Å². The zero-order valence-electron chi connectivity index (χ0n) is 15.3. The molecule has 2 rings (SSSR count). The molecule has 1 aromatic carbocycles. The standard InChI is InChI=1S/C18H19Cl2F3N3P/c1-10-6-14(19)11(7-12(9-24)27(3,4)5)8-13(10)16-15(20)17(18(21,22)23)26(2)25-16/h6,8,12H,3,7H2,1-2,4-5H3. The SMILES string of the molecule is C=P(C)(C)C(C#N)Cc1cc(-c2nn(C)c(C(F)(F)F)c2Cl)c(C)cc1Cl. The molecule has 1 heterocycles. The minimum absolute atomic E-state index is 0.0408. The fourth-order valence-electron chi connectivity index (χ4n) is 2.76. The average Bonchev–Trinajstić information content (AvgIpc) is 2.79. The van der Waals surface area contributed by atoms with Crippen molar-refractivity contribution in [1.29, 1.82) is 5.26 Å². The van der Waals surface area contributed by atoms with E-state index in [9.17, 15) is 18.4 Å². The van der Waals surface area contributed by atoms with Crippen molar-refractivity contribution in [2.24, 2.45) is 7.05 Å². The van der Waals surface area contributed by atoms with E-state index in [0.29, 0.717) is 28.1 Å². The molecule has 0 fully saturated rings. The predicted octanol–water partition coefficient (Wildman–Crippen LogP) is 5.87. The first-order chi connectivity index (χ1) is 12.3. The number of hydrogen-bond acceptors (Lipinski definition) is 2. The van der Waals surface area contributed by atoms with Gasteiger partial charge in [0, 0.05) is 17.6 Å². The van der Waals surface area contributed by atoms with Crippen LogP contribution in [0.1, 0.15) is 16.8 Å². The fourth-order valence-corrected chi connectivity index (χ4v) is 4.43. The topological polar surface area (TPSA) is 41.6 Å². The minimum atomic E-state index is -4.62. The number of halogens is 5. The average molecular weight is 436 g/mol. The van der Waals surface area contributed by atoms with Crippen LogP contribution in [0.3, 0.4) is 0 Å². The third-order valence-corrected chi connectivity index (χ3v) is 7.01. The van der Waals surface area contributed by atoms with Crippen molar-refractivity contribution < 1.29 is 13.2 Å². The van der Waals surface area contributed by atoms with Crippen LogP contribution in [0, 0.1) is 18.3 Å². The van der Waals surface area contributed by atoms with Gasteiger partial charge in [0.15, 0.2) is 5.69 Å². The molecule has 0 amide bonds. The second-order valence-electron chi connectivity index (χ2n) is 7.02. The van der Waals surface area contributed by atoms with Gasteiger partial charge in [-0.2, -0.15) is 23.5 Å². The summed E-state index contributed by atoms with van der Waals surface area (Å²) in [5, 5.41) is 13.4. The second-order valence-corrected chi connectivity index (χ2v) is 12.0. The Morgan fingerprint density at radius 2 is 1.93 bits per heavy atom. The summed E-state index contributed by atoms with van der Waals surface area (Å²) in [7, 11) is 1.20. The van der Waals surface area contributed by atoms with E-state index in [4.69, 9.17) is 23.2 Å². The molecule has 0 saturated heterocycles. The Kier molecular flexibility index (Phi) is 6.11. The monoisotopic (exact) mass is 435 g/mol. The summed E-state index contributed by atoms with van der Waals surface area (Å²) in [6, 6.07) is 5.60. The summed E-state index contributed by atoms with van der Waals surface area (Å²) in [6.07, 6.45) is -0.147. The van der Waals surface area contributed by atoms with Gasteiger partial charge in [-0.1, -0.05) is 29.5 Å². The normalized spacial score (nSPS) is 13.5. The molecule has 1 unspecified atom stereocenters. The summed E-state index contributed by atoms with van der Waals surface area (Å²) in [5.74, 6) is 0. The number of hydrogen-bond donors (Lipinski definition) is 0. The zero-order valence-corrected chi connectivity index (χ0v) is 17.7. The van der Waals surface area contributed by atoms with Gasteiger partial charge in [0.25, 0.3) is 0 Å². The lowest BCUT2D eigenvalue weighted by atomic mass is 9.99. The molecule has 0 aliphatic rings. The van der Waals surface area contributed by atoms with Crippen LogP contribution in [-0.2, 0) is 19.6 Å². The maximum atomic E-state index is 13.2. The van der Waals surface area contributed by atoms with Crippen molar-refractivity contribution in [2.45, 2.75) is 25.2 Å². The number of aromatic nitrogens is 2. The fraction of sp³-hybridized carbons (Fsp3) is 0.389. The van der Waals surface area contributed by atoms with Gasteiger partial charge < -0.3 is 0 Å². The molecule has 0 radical (unpaired) electrons. The van der Waals surface area contributed by atoms with Crippen LogP contribution in [0.5, 0.6) is 0 Å². The number of benzene rings is 1. The molecule has 1 aromatic heterocycles. The highest BCUT2D eigenvalue weighted by Crippen LogP contribution is 2.45. The van der Waals surface area contributed by atoms with E-state index in [2.05, 4.69) is 17.5 Å². The lowest BCUT2D eigenvalue weighted by molar-refractivity contribution is -0.143. The molecule has 3 nitrogen and oxygen atoms in total. The molecule has 0 saturated carbocycles. The van der Waals surface area contributed by atoms with E-state index in [1.54, 1.807) is 19.1 Å². The van der Waals surface area contributed by atoms with Gasteiger partial charge in [-0.25, -0.2) is 0 Å². The first-order valence-corrected chi connectivity index (χ1v) is 11.6. The Bertz CT molecular complexity index is 968. The third-order valence-electron chi connectivity index (χ3n) is 4.31. The number of rotatable bonds is 4. The third kappa shape index (κ3) is 4.54. The minimum Gasteiger partial charge on any atom is -0.262 e. The number of aryl methyl sites for hydroxylation is 2. The molecule has 0 aliphatic carbocycles. The number of nitriles is 1. The molecule has 1 atom stereocenters. The second kappa shape index (κ2) is 7.54. The van der Waals surface area contributed by atoms with E-state index in [-0.39, 0.29) is 11.4 Å². The summed E-state index contributed by atoms with van der Waals surface area (Å²) < 4.78 is 40.4. The molecule has 0 aliphatic heterocycles. The molecular formula is C18H19Cl2F3N3P. The van der Waals surface area contributed by atoms with E-state index in [1.165, 1.54) is 7.05 Å². The first-order valence-electron chi connectivity index (χ1n) is 7.94. The summed E-state index contributed by atoms with van der Waals surface area (Å²) in [6.45, 7) is 3.92. The van der Waals surface area contributed by atoms with E-state index in [1.807, 2.05) is 13.3 Å². The van der Waals surface area contributed by atoms with Crippen LogP contribution in [0.2, 0.25) is 10.0 Å². The van der Waals surface area contributed by atoms with Gasteiger partial charge in [-0.3, -0.25) is 4.68 Å². The van der Waals surface area contributed by atoms with Crippen LogP contribution in [0.4, 0.5) is 13.2 Å². The van der Waals surface area contributed by atoms with Crippen molar-refractivity contribution >= 4 is 36.4 Å². The van der Waals surface area contributed by atoms with Gasteiger partial charge in [-0.05, 0) is 49.9 Å². The van der Waals surface area contributed by atoms with Crippen LogP contribution >= 0.6 is 30.1 Å². The molecule has 27 heavy (non-hydrogen) atoms. The number of alkyl halides is 3. The molecule has 0 spiro atoms. The van der Waals surface area contributed by atoms with Gasteiger partial charge in [0.1, 0.15) is 5.69 Å². The number of nitrogens with zero attached hydrogens (tertiary/aromatic N) is 3. The lowest BCUT2D eigenvalue weighted by Crippen LogP contribution is -2.12. The quantitative estimate of drug-likeness (QED) is 0.563. The maximum Gasteiger partial charge on any atom is 0.434 e. The highest BCUT2D eigenvalue weighted by Gasteiger charge is 2.39. The smallest absolute Gasteiger partial charge is 0.262 e. The Labute approximate surface area is 166 Å². The van der Waals surface area contributed by atoms with Crippen molar-refractivity contribution in [3.05, 3.63) is 39.0 Å². The zero-order chi connectivity index (χ0) is 20.7. The molecule has 146 valence electrons. The van der Waals surface area contributed by atoms with E-state index in [0.717, 1.165) is 4.68 Å². The summed E-state index contributed by atoms with van der Waals surface area (Å²) in [5.41, 5.74) is 0.497. The largest absolute Gasteiger partial charge is 0.434 e. The van der Waals surface area contributed by atoms with Crippen molar-refractivity contribution in [2.75, 3.05) is 13.3 Å². The highest BCUT2D eigenvalue weighted by atomic mass is 35.5.